The molecule has 0 spiro atoms. The number of amides is 1. The van der Waals surface area contributed by atoms with Gasteiger partial charge >= 0.3 is 6.01 Å². The van der Waals surface area contributed by atoms with Crippen LogP contribution in [-0.2, 0) is 4.79 Å². The van der Waals surface area contributed by atoms with Crippen LogP contribution in [0.1, 0.15) is 42.7 Å². The van der Waals surface area contributed by atoms with Crippen LogP contribution in [0, 0.1) is 29.4 Å². The molecular formula is C39H36F3N7O3S. The Bertz CT molecular complexity index is 2310. The number of carbonyl (C=O) groups excluding carboxylic acids is 1. The Kier molecular flexibility index (Phi) is 9.16. The summed E-state index contributed by atoms with van der Waals surface area (Å²) in [6.07, 6.45) is 15.0. The minimum absolute atomic E-state index is 0.0103. The highest BCUT2D eigenvalue weighted by molar-refractivity contribution is 7.10. The van der Waals surface area contributed by atoms with Gasteiger partial charge in [0.2, 0.25) is 0 Å². The zero-order valence-electron chi connectivity index (χ0n) is 29.0. The van der Waals surface area contributed by atoms with E-state index in [9.17, 15) is 18.7 Å². The van der Waals surface area contributed by atoms with Gasteiger partial charge in [-0.3, -0.25) is 9.78 Å². The Balaban J connectivity index is 1.18. The van der Waals surface area contributed by atoms with Gasteiger partial charge in [-0.2, -0.15) is 9.97 Å². The summed E-state index contributed by atoms with van der Waals surface area (Å²) in [7, 11) is 2.14. The highest BCUT2D eigenvalue weighted by Crippen LogP contribution is 2.47. The molecule has 1 aliphatic carbocycles. The van der Waals surface area contributed by atoms with Crippen molar-refractivity contribution in [3.63, 3.8) is 0 Å². The largest absolute Gasteiger partial charge is 0.508 e. The number of piperazine rings is 1. The van der Waals surface area contributed by atoms with Crippen LogP contribution in [0.5, 0.6) is 11.8 Å². The van der Waals surface area contributed by atoms with Crippen molar-refractivity contribution in [1.29, 1.82) is 0 Å². The Morgan fingerprint density at radius 2 is 1.94 bits per heavy atom. The zero-order valence-corrected chi connectivity index (χ0v) is 29.8. The molecule has 14 heteroatoms. The molecule has 2 unspecified atom stereocenters. The SMILES string of the molecule is C#Cc1c(F)ccc2cc(O)cc(-c3ncc4c(N5CCN(C(=O)/C(F)=C/c6nccs6)CC5)nc(OCC56CCCC5N(C)CCC6)nc4c3F)c12. The lowest BCUT2D eigenvalue weighted by Gasteiger charge is -2.44. The number of aromatic nitrogens is 4. The number of anilines is 1. The van der Waals surface area contributed by atoms with Gasteiger partial charge in [0.1, 0.15) is 33.6 Å². The van der Waals surface area contributed by atoms with Crippen LogP contribution in [0.4, 0.5) is 19.0 Å². The predicted molar refractivity (Wildman–Crippen MR) is 197 cm³/mol. The molecule has 2 atom stereocenters. The van der Waals surface area contributed by atoms with E-state index in [1.54, 1.807) is 5.38 Å². The fraction of sp³-hybridized carbons (Fsp3) is 0.359. The summed E-state index contributed by atoms with van der Waals surface area (Å²) in [6, 6.07) is 5.74. The van der Waals surface area contributed by atoms with Crippen LogP contribution in [0.15, 0.2) is 47.9 Å². The van der Waals surface area contributed by atoms with Gasteiger partial charge < -0.3 is 24.5 Å². The number of likely N-dealkylation sites (tertiary alicyclic amines) is 1. The molecule has 0 radical (unpaired) electrons. The first-order chi connectivity index (χ1) is 25.7. The minimum Gasteiger partial charge on any atom is -0.508 e. The van der Waals surface area contributed by atoms with E-state index in [0.717, 1.165) is 44.7 Å². The van der Waals surface area contributed by atoms with E-state index in [4.69, 9.17) is 16.1 Å². The minimum atomic E-state index is -0.902. The van der Waals surface area contributed by atoms with Gasteiger partial charge in [0.25, 0.3) is 5.91 Å². The first kappa shape index (κ1) is 34.8. The third-order valence-electron chi connectivity index (χ3n) is 10.9. The summed E-state index contributed by atoms with van der Waals surface area (Å²) in [4.78, 5) is 36.6. The number of rotatable bonds is 7. The van der Waals surface area contributed by atoms with E-state index in [2.05, 4.69) is 32.8 Å². The number of piperidine rings is 1. The standard InChI is InChI=1S/C39H36F3N7O3S/c1-3-25-28(40)8-7-23-18-24(50)19-26(32(23)25)34-33(42)35-27(21-44-34)36(46-38(45-35)52-22-39-9-4-6-30(39)47(2)12-5-10-39)48-13-15-49(16-14-48)37(51)29(41)20-31-43-11-17-53-31/h1,7-8,11,17-21,30,50H,4-6,9-10,12-16,22H2,2H3/b29-20-. The number of ether oxygens (including phenoxy) is 1. The molecule has 53 heavy (non-hydrogen) atoms. The summed E-state index contributed by atoms with van der Waals surface area (Å²) in [5.41, 5.74) is -0.322. The summed E-state index contributed by atoms with van der Waals surface area (Å²) < 4.78 is 53.2. The van der Waals surface area contributed by atoms with Crippen molar-refractivity contribution in [2.45, 2.75) is 38.1 Å². The molecule has 3 aromatic heterocycles. The van der Waals surface area contributed by atoms with Gasteiger partial charge in [0, 0.05) is 72.4 Å². The maximum atomic E-state index is 17.0. The number of hydrogen-bond donors (Lipinski definition) is 1. The fourth-order valence-corrected chi connectivity index (χ4v) is 8.96. The first-order valence-corrected chi connectivity index (χ1v) is 18.5. The van der Waals surface area contributed by atoms with E-state index in [1.807, 2.05) is 4.90 Å². The third kappa shape index (κ3) is 6.31. The number of fused-ring (bicyclic) bond motifs is 3. The highest BCUT2D eigenvalue weighted by Gasteiger charge is 2.47. The maximum absolute atomic E-state index is 17.0. The molecule has 5 aromatic rings. The zero-order chi connectivity index (χ0) is 36.9. The van der Waals surface area contributed by atoms with E-state index in [0.29, 0.717) is 28.9 Å². The summed E-state index contributed by atoms with van der Waals surface area (Å²) >= 11 is 1.23. The van der Waals surface area contributed by atoms with Crippen molar-refractivity contribution in [3.05, 3.63) is 70.1 Å². The second-order valence-corrected chi connectivity index (χ2v) is 14.9. The molecule has 2 aliphatic heterocycles. The van der Waals surface area contributed by atoms with Gasteiger partial charge in [-0.1, -0.05) is 18.4 Å². The van der Waals surface area contributed by atoms with Crippen LogP contribution in [-0.4, -0.2) is 93.2 Å². The number of aromatic hydroxyl groups is 1. The second kappa shape index (κ2) is 13.9. The van der Waals surface area contributed by atoms with Gasteiger partial charge in [-0.05, 0) is 62.9 Å². The number of thiazole rings is 1. The number of hydrogen-bond acceptors (Lipinski definition) is 10. The topological polar surface area (TPSA) is 108 Å². The van der Waals surface area contributed by atoms with Crippen LogP contribution in [0.25, 0.3) is 39.0 Å². The monoisotopic (exact) mass is 739 g/mol. The van der Waals surface area contributed by atoms with Crippen molar-refractivity contribution < 1.29 is 27.8 Å². The average molecular weight is 740 g/mol. The Labute approximate surface area is 307 Å². The van der Waals surface area contributed by atoms with E-state index in [1.165, 1.54) is 52.9 Å². The summed E-state index contributed by atoms with van der Waals surface area (Å²) in [5.74, 6) is -0.591. The molecule has 1 N–H and O–H groups in total. The summed E-state index contributed by atoms with van der Waals surface area (Å²) in [6.45, 7) is 2.29. The van der Waals surface area contributed by atoms with Gasteiger partial charge in [-0.15, -0.1) is 17.8 Å². The lowest BCUT2D eigenvalue weighted by Crippen LogP contribution is -2.50. The second-order valence-electron chi connectivity index (χ2n) is 14.0. The Morgan fingerprint density at radius 3 is 2.72 bits per heavy atom. The Morgan fingerprint density at radius 1 is 1.13 bits per heavy atom. The normalized spacial score (nSPS) is 20.9. The van der Waals surface area contributed by atoms with Crippen LogP contribution in [0.2, 0.25) is 0 Å². The van der Waals surface area contributed by atoms with E-state index < -0.39 is 23.4 Å². The van der Waals surface area contributed by atoms with Gasteiger partial charge in [0.05, 0.1) is 17.6 Å². The number of nitrogens with zero attached hydrogens (tertiary/aromatic N) is 7. The van der Waals surface area contributed by atoms with Crippen LogP contribution in [0.3, 0.4) is 0 Å². The first-order valence-electron chi connectivity index (χ1n) is 17.6. The number of phenols is 1. The van der Waals surface area contributed by atoms with Crippen molar-refractivity contribution in [2.75, 3.05) is 51.3 Å². The van der Waals surface area contributed by atoms with Gasteiger partial charge in [-0.25, -0.2) is 18.2 Å². The number of phenolic OH excluding ortho intramolecular Hbond substituents is 1. The van der Waals surface area contributed by atoms with Crippen molar-refractivity contribution in [2.24, 2.45) is 5.41 Å². The molecule has 3 fully saturated rings. The molecule has 1 amide bonds. The van der Waals surface area contributed by atoms with Crippen molar-refractivity contribution in [3.8, 4) is 35.4 Å². The smallest absolute Gasteiger partial charge is 0.319 e. The number of halogens is 3. The van der Waals surface area contributed by atoms with Gasteiger partial charge in [0.15, 0.2) is 11.6 Å². The molecule has 10 nitrogen and oxygen atoms in total. The molecule has 0 bridgehead atoms. The molecule has 3 aliphatic rings. The molecule has 8 rings (SSSR count). The summed E-state index contributed by atoms with van der Waals surface area (Å²) in [5, 5.41) is 13.6. The fourth-order valence-electron chi connectivity index (χ4n) is 8.40. The molecule has 272 valence electrons. The van der Waals surface area contributed by atoms with Crippen LogP contribution >= 0.6 is 11.3 Å². The van der Waals surface area contributed by atoms with E-state index in [-0.39, 0.29) is 76.5 Å². The average Bonchev–Trinajstić information content (AvgIpc) is 3.85. The lowest BCUT2D eigenvalue weighted by molar-refractivity contribution is -0.128. The van der Waals surface area contributed by atoms with E-state index >= 15 is 4.39 Å². The molecule has 5 heterocycles. The number of pyridine rings is 1. The number of terminal acetylenes is 1. The van der Waals surface area contributed by atoms with Crippen molar-refractivity contribution in [1.82, 2.24) is 29.7 Å². The molecule has 1 saturated carbocycles. The molecular weight excluding hydrogens is 704 g/mol. The molecule has 2 saturated heterocycles. The van der Waals surface area contributed by atoms with Crippen LogP contribution < -0.4 is 9.64 Å². The highest BCUT2D eigenvalue weighted by atomic mass is 32.1. The van der Waals surface area contributed by atoms with Crippen molar-refractivity contribution >= 4 is 50.8 Å². The predicted octanol–water partition coefficient (Wildman–Crippen LogP) is 6.57. The lowest BCUT2D eigenvalue weighted by atomic mass is 9.76. The molecule has 2 aromatic carbocycles. The maximum Gasteiger partial charge on any atom is 0.319 e. The number of carbonyl (C=O) groups is 1. The number of benzene rings is 2. The quantitative estimate of drug-likeness (QED) is 0.147. The third-order valence-corrected chi connectivity index (χ3v) is 11.7. The Hall–Kier alpha value is -5.26.